The predicted molar refractivity (Wildman–Crippen MR) is 131 cm³/mol. The second-order valence-electron chi connectivity index (χ2n) is 11.2. The van der Waals surface area contributed by atoms with E-state index in [1.54, 1.807) is 12.0 Å². The zero-order valence-electron chi connectivity index (χ0n) is 21.8. The summed E-state index contributed by atoms with van der Waals surface area (Å²) in [4.78, 5) is 27.2. The maximum Gasteiger partial charge on any atom is 0.494 e. The summed E-state index contributed by atoms with van der Waals surface area (Å²) in [5.41, 5.74) is 0.175. The molecule has 2 saturated heterocycles. The minimum Gasteiger partial charge on any atom is -0.496 e. The van der Waals surface area contributed by atoms with Gasteiger partial charge in [0.2, 0.25) is 5.91 Å². The van der Waals surface area contributed by atoms with Crippen LogP contribution in [0.15, 0.2) is 18.2 Å². The Morgan fingerprint density at radius 2 is 1.82 bits per heavy atom. The maximum atomic E-state index is 13.2. The number of carbonyl (C=O) groups is 2. The van der Waals surface area contributed by atoms with Crippen molar-refractivity contribution in [3.63, 3.8) is 0 Å². The van der Waals surface area contributed by atoms with Gasteiger partial charge in [-0.05, 0) is 72.8 Å². The number of amides is 2. The number of alkyl carbamates (subject to hydrolysis) is 1. The maximum absolute atomic E-state index is 13.2. The Hall–Kier alpha value is -2.26. The third kappa shape index (κ3) is 6.24. The van der Waals surface area contributed by atoms with Crippen molar-refractivity contribution in [3.05, 3.63) is 23.8 Å². The number of hydrogen-bond acceptors (Lipinski definition) is 6. The molecule has 188 valence electrons. The van der Waals surface area contributed by atoms with Crippen LogP contribution in [0.4, 0.5) is 4.79 Å². The molecule has 2 aliphatic rings. The molecule has 0 bridgehead atoms. The number of likely N-dealkylation sites (tertiary alicyclic amines) is 1. The number of carbonyl (C=O) groups excluding carboxylic acids is 2. The fourth-order valence-corrected chi connectivity index (χ4v) is 4.13. The lowest BCUT2D eigenvalue weighted by Gasteiger charge is -2.33. The first-order valence-electron chi connectivity index (χ1n) is 12.0. The Morgan fingerprint density at radius 1 is 1.18 bits per heavy atom. The molecule has 1 atom stereocenters. The molecule has 0 aromatic heterocycles. The summed E-state index contributed by atoms with van der Waals surface area (Å²) < 4.78 is 23.2. The summed E-state index contributed by atoms with van der Waals surface area (Å²) in [7, 11) is 1.08. The van der Waals surface area contributed by atoms with Crippen LogP contribution in [0, 0.1) is 0 Å². The van der Waals surface area contributed by atoms with Gasteiger partial charge in [0.1, 0.15) is 11.4 Å². The van der Waals surface area contributed by atoms with Crippen LogP contribution in [0.1, 0.15) is 66.9 Å². The van der Waals surface area contributed by atoms with E-state index >= 15 is 0 Å². The van der Waals surface area contributed by atoms with Gasteiger partial charge in [-0.25, -0.2) is 4.79 Å². The van der Waals surface area contributed by atoms with Crippen molar-refractivity contribution in [2.24, 2.45) is 0 Å². The molecule has 1 aromatic carbocycles. The minimum absolute atomic E-state index is 0.0138. The van der Waals surface area contributed by atoms with Crippen LogP contribution >= 0.6 is 0 Å². The van der Waals surface area contributed by atoms with Crippen LogP contribution in [0.2, 0.25) is 0 Å². The first-order valence-corrected chi connectivity index (χ1v) is 12.0. The Labute approximate surface area is 203 Å². The van der Waals surface area contributed by atoms with Gasteiger partial charge < -0.3 is 29.0 Å². The zero-order valence-corrected chi connectivity index (χ0v) is 21.8. The largest absolute Gasteiger partial charge is 0.496 e. The summed E-state index contributed by atoms with van der Waals surface area (Å²) >= 11 is 0. The van der Waals surface area contributed by atoms with E-state index in [0.29, 0.717) is 18.8 Å². The van der Waals surface area contributed by atoms with Crippen LogP contribution in [0.3, 0.4) is 0 Å². The molecule has 0 unspecified atom stereocenters. The summed E-state index contributed by atoms with van der Waals surface area (Å²) in [6, 6.07) is 5.56. The molecule has 2 aliphatic heterocycles. The smallest absolute Gasteiger partial charge is 0.494 e. The molecule has 34 heavy (non-hydrogen) atoms. The molecule has 0 aliphatic carbocycles. The predicted octanol–water partition coefficient (Wildman–Crippen LogP) is 3.05. The van der Waals surface area contributed by atoms with E-state index in [-0.39, 0.29) is 18.4 Å². The summed E-state index contributed by atoms with van der Waals surface area (Å²) in [6.07, 6.45) is 1.36. The number of hydrogen-bond donors (Lipinski definition) is 1. The molecule has 9 heteroatoms. The van der Waals surface area contributed by atoms with E-state index in [4.69, 9.17) is 18.8 Å². The Kier molecular flexibility index (Phi) is 7.58. The van der Waals surface area contributed by atoms with E-state index in [1.165, 1.54) is 0 Å². The molecule has 0 spiro atoms. The molecule has 8 nitrogen and oxygen atoms in total. The first-order chi connectivity index (χ1) is 15.7. The molecule has 2 fully saturated rings. The highest BCUT2D eigenvalue weighted by Gasteiger charge is 2.51. The number of methoxy groups -OCH3 is 1. The molecular weight excluding hydrogens is 435 g/mol. The van der Waals surface area contributed by atoms with Crippen molar-refractivity contribution in [2.75, 3.05) is 20.2 Å². The number of rotatable bonds is 5. The van der Waals surface area contributed by atoms with Gasteiger partial charge in [0, 0.05) is 24.7 Å². The first kappa shape index (κ1) is 26.4. The highest BCUT2D eigenvalue weighted by Crippen LogP contribution is 2.36. The lowest BCUT2D eigenvalue weighted by atomic mass is 9.78. The van der Waals surface area contributed by atoms with Crippen molar-refractivity contribution < 1.29 is 28.4 Å². The lowest BCUT2D eigenvalue weighted by Crippen LogP contribution is -2.50. The van der Waals surface area contributed by atoms with E-state index in [9.17, 15) is 9.59 Å². The molecule has 2 heterocycles. The average Bonchev–Trinajstić information content (AvgIpc) is 2.93. The topological polar surface area (TPSA) is 86.3 Å². The molecular formula is C25H39BN2O6. The number of piperidine rings is 1. The van der Waals surface area contributed by atoms with E-state index in [2.05, 4.69) is 5.32 Å². The number of ether oxygens (including phenoxy) is 2. The molecule has 1 N–H and O–H groups in total. The third-order valence-electron chi connectivity index (χ3n) is 6.67. The summed E-state index contributed by atoms with van der Waals surface area (Å²) in [5, 5.41) is 2.90. The standard InChI is InChI=1S/C25H39BN2O6/c1-23(2,3)32-22(30)27-19-10-9-13-28(16-19)21(29)15-17-14-18(11-12-20(17)31-8)26-33-24(4,5)25(6,7)34-26/h11-12,14,19H,9-10,13,15-16H2,1-8H3,(H,27,30)/t19-/m1/s1. The van der Waals surface area contributed by atoms with E-state index in [1.807, 2.05) is 66.7 Å². The van der Waals surface area contributed by atoms with Crippen LogP contribution in [-0.2, 0) is 25.3 Å². The normalized spacial score (nSPS) is 21.8. The Balaban J connectivity index is 1.68. The molecule has 2 amide bonds. The monoisotopic (exact) mass is 474 g/mol. The highest BCUT2D eigenvalue weighted by atomic mass is 16.7. The molecule has 3 rings (SSSR count). The van der Waals surface area contributed by atoms with Gasteiger partial charge in [-0.1, -0.05) is 12.1 Å². The summed E-state index contributed by atoms with van der Waals surface area (Å²) in [5.74, 6) is 0.633. The average molecular weight is 474 g/mol. The zero-order chi connectivity index (χ0) is 25.3. The van der Waals surface area contributed by atoms with Gasteiger partial charge in [-0.3, -0.25) is 4.79 Å². The van der Waals surface area contributed by atoms with Gasteiger partial charge >= 0.3 is 13.2 Å². The quantitative estimate of drug-likeness (QED) is 0.661. The Morgan fingerprint density at radius 3 is 2.41 bits per heavy atom. The van der Waals surface area contributed by atoms with Gasteiger partial charge in [0.25, 0.3) is 0 Å². The lowest BCUT2D eigenvalue weighted by molar-refractivity contribution is -0.131. The van der Waals surface area contributed by atoms with Gasteiger partial charge in [0.15, 0.2) is 0 Å². The molecule has 0 saturated carbocycles. The minimum atomic E-state index is -0.562. The number of nitrogens with one attached hydrogen (secondary N) is 1. The van der Waals surface area contributed by atoms with Gasteiger partial charge in [-0.15, -0.1) is 0 Å². The highest BCUT2D eigenvalue weighted by molar-refractivity contribution is 6.62. The molecule has 0 radical (unpaired) electrons. The van der Waals surface area contributed by atoms with Crippen LogP contribution in [0.5, 0.6) is 5.75 Å². The van der Waals surface area contributed by atoms with Crippen molar-refractivity contribution in [3.8, 4) is 5.75 Å². The van der Waals surface area contributed by atoms with Crippen molar-refractivity contribution >= 4 is 24.6 Å². The van der Waals surface area contributed by atoms with Crippen molar-refractivity contribution in [1.29, 1.82) is 0 Å². The second kappa shape index (κ2) is 9.78. The van der Waals surface area contributed by atoms with Gasteiger partial charge in [0.05, 0.1) is 24.7 Å². The van der Waals surface area contributed by atoms with Crippen molar-refractivity contribution in [2.45, 2.75) is 90.6 Å². The fourth-order valence-electron chi connectivity index (χ4n) is 4.13. The van der Waals surface area contributed by atoms with Crippen LogP contribution in [0.25, 0.3) is 0 Å². The number of nitrogens with zero attached hydrogens (tertiary/aromatic N) is 1. The fraction of sp³-hybridized carbons (Fsp3) is 0.680. The number of benzene rings is 1. The third-order valence-corrected chi connectivity index (χ3v) is 6.67. The van der Waals surface area contributed by atoms with Crippen LogP contribution < -0.4 is 15.5 Å². The van der Waals surface area contributed by atoms with E-state index < -0.39 is 30.0 Å². The molecule has 1 aromatic rings. The van der Waals surface area contributed by atoms with E-state index in [0.717, 1.165) is 23.9 Å². The second-order valence-corrected chi connectivity index (χ2v) is 11.2. The van der Waals surface area contributed by atoms with Crippen molar-refractivity contribution in [1.82, 2.24) is 10.2 Å². The van der Waals surface area contributed by atoms with Crippen LogP contribution in [-0.4, -0.2) is 67.1 Å². The summed E-state index contributed by atoms with van der Waals surface area (Å²) in [6.45, 7) is 14.6. The SMILES string of the molecule is COc1ccc(B2OC(C)(C)C(C)(C)O2)cc1CC(=O)N1CCC[C@@H](NC(=O)OC(C)(C)C)C1. The Bertz CT molecular complexity index is 895. The van der Waals surface area contributed by atoms with Gasteiger partial charge in [-0.2, -0.15) is 0 Å².